The summed E-state index contributed by atoms with van der Waals surface area (Å²) in [5, 5.41) is 0. The maximum atomic E-state index is 12.7. The standard InChI is InChI=1S/C17H34N2O2/c1-16(2,3)13(15(21)17(4,5)6)12-14(20)19(9)11-10-18(7)8/h13H,10-12H2,1-9H3. The Kier molecular flexibility index (Phi) is 7.07. The highest BCUT2D eigenvalue weighted by molar-refractivity contribution is 5.90. The molecule has 0 aliphatic carbocycles. The van der Waals surface area contributed by atoms with E-state index < -0.39 is 5.41 Å². The number of likely N-dealkylation sites (N-methyl/N-ethyl adjacent to an activating group) is 2. The number of Topliss-reactive ketones (excluding diaryl/α,β-unsaturated/α-hetero) is 1. The summed E-state index contributed by atoms with van der Waals surface area (Å²) in [6.07, 6.45) is 0.295. The zero-order valence-corrected chi connectivity index (χ0v) is 15.4. The van der Waals surface area contributed by atoms with Crippen LogP contribution in [-0.2, 0) is 9.59 Å². The molecular weight excluding hydrogens is 264 g/mol. The van der Waals surface area contributed by atoms with Crippen LogP contribution in [0, 0.1) is 16.7 Å². The Balaban J connectivity index is 4.92. The lowest BCUT2D eigenvalue weighted by molar-refractivity contribution is -0.141. The SMILES string of the molecule is CN(C)CCN(C)C(=O)CC(C(=O)C(C)(C)C)C(C)(C)C. The first-order chi connectivity index (χ1) is 9.26. The van der Waals surface area contributed by atoms with E-state index in [1.807, 2.05) is 67.6 Å². The van der Waals surface area contributed by atoms with Crippen LogP contribution < -0.4 is 0 Å². The fraction of sp³-hybridized carbons (Fsp3) is 0.882. The van der Waals surface area contributed by atoms with Gasteiger partial charge in [0.2, 0.25) is 5.91 Å². The number of ketones is 1. The van der Waals surface area contributed by atoms with Crippen molar-refractivity contribution in [1.82, 2.24) is 9.80 Å². The Morgan fingerprint density at radius 2 is 1.38 bits per heavy atom. The third-order valence-corrected chi connectivity index (χ3v) is 3.79. The minimum Gasteiger partial charge on any atom is -0.344 e. The fourth-order valence-electron chi connectivity index (χ4n) is 2.12. The van der Waals surface area contributed by atoms with Gasteiger partial charge >= 0.3 is 0 Å². The summed E-state index contributed by atoms with van der Waals surface area (Å²) in [7, 11) is 5.78. The highest BCUT2D eigenvalue weighted by Crippen LogP contribution is 2.35. The highest BCUT2D eigenvalue weighted by atomic mass is 16.2. The van der Waals surface area contributed by atoms with Crippen molar-refractivity contribution in [2.75, 3.05) is 34.2 Å². The minimum absolute atomic E-state index is 0.0503. The van der Waals surface area contributed by atoms with Gasteiger partial charge < -0.3 is 9.80 Å². The van der Waals surface area contributed by atoms with Crippen molar-refractivity contribution in [1.29, 1.82) is 0 Å². The molecule has 0 radical (unpaired) electrons. The maximum absolute atomic E-state index is 12.7. The molecule has 4 nitrogen and oxygen atoms in total. The molecule has 0 saturated heterocycles. The van der Waals surface area contributed by atoms with Crippen molar-refractivity contribution in [2.24, 2.45) is 16.7 Å². The number of amides is 1. The monoisotopic (exact) mass is 298 g/mol. The third-order valence-electron chi connectivity index (χ3n) is 3.79. The van der Waals surface area contributed by atoms with Gasteiger partial charge in [-0.2, -0.15) is 0 Å². The van der Waals surface area contributed by atoms with Gasteiger partial charge in [0, 0.05) is 37.9 Å². The van der Waals surface area contributed by atoms with Gasteiger partial charge in [-0.1, -0.05) is 41.5 Å². The van der Waals surface area contributed by atoms with Gasteiger partial charge in [-0.3, -0.25) is 9.59 Å². The van der Waals surface area contributed by atoms with E-state index in [0.29, 0.717) is 13.0 Å². The lowest BCUT2D eigenvalue weighted by Gasteiger charge is -2.34. The van der Waals surface area contributed by atoms with Crippen molar-refractivity contribution in [3.63, 3.8) is 0 Å². The summed E-state index contributed by atoms with van der Waals surface area (Å²) >= 11 is 0. The van der Waals surface area contributed by atoms with Crippen LogP contribution >= 0.6 is 0 Å². The molecule has 0 rings (SSSR count). The van der Waals surface area contributed by atoms with Crippen LogP contribution in [0.25, 0.3) is 0 Å². The highest BCUT2D eigenvalue weighted by Gasteiger charge is 2.38. The molecule has 0 aromatic rings. The molecule has 0 bridgehead atoms. The minimum atomic E-state index is -0.416. The van der Waals surface area contributed by atoms with Crippen molar-refractivity contribution in [3.05, 3.63) is 0 Å². The van der Waals surface area contributed by atoms with Crippen LogP contribution in [0.5, 0.6) is 0 Å². The summed E-state index contributed by atoms with van der Waals surface area (Å²) in [4.78, 5) is 28.8. The van der Waals surface area contributed by atoms with Gasteiger partial charge in [-0.05, 0) is 19.5 Å². The van der Waals surface area contributed by atoms with E-state index in [9.17, 15) is 9.59 Å². The molecule has 0 aromatic carbocycles. The van der Waals surface area contributed by atoms with Gasteiger partial charge in [0.1, 0.15) is 5.78 Å². The molecule has 0 saturated carbocycles. The molecule has 0 spiro atoms. The number of carbonyl (C=O) groups excluding carboxylic acids is 2. The van der Waals surface area contributed by atoms with Crippen molar-refractivity contribution in [3.8, 4) is 0 Å². The first kappa shape index (κ1) is 20.1. The van der Waals surface area contributed by atoms with Crippen molar-refractivity contribution in [2.45, 2.75) is 48.0 Å². The topological polar surface area (TPSA) is 40.6 Å². The van der Waals surface area contributed by atoms with Gasteiger partial charge in [0.25, 0.3) is 0 Å². The Bertz CT molecular complexity index is 362. The smallest absolute Gasteiger partial charge is 0.223 e. The second-order valence-electron chi connectivity index (χ2n) is 8.36. The number of nitrogens with zero attached hydrogens (tertiary/aromatic N) is 2. The molecule has 124 valence electrons. The van der Waals surface area contributed by atoms with E-state index in [1.165, 1.54) is 0 Å². The fourth-order valence-corrected chi connectivity index (χ4v) is 2.12. The Morgan fingerprint density at radius 1 is 0.905 bits per heavy atom. The second-order valence-corrected chi connectivity index (χ2v) is 8.36. The lowest BCUT2D eigenvalue weighted by atomic mass is 9.69. The summed E-state index contributed by atoms with van der Waals surface area (Å²) < 4.78 is 0. The van der Waals surface area contributed by atoms with Crippen molar-refractivity contribution < 1.29 is 9.59 Å². The Morgan fingerprint density at radius 3 is 1.71 bits per heavy atom. The van der Waals surface area contributed by atoms with Crippen LogP contribution in [-0.4, -0.2) is 55.7 Å². The third kappa shape index (κ3) is 7.07. The molecule has 0 aliphatic rings. The molecule has 1 unspecified atom stereocenters. The molecule has 0 fully saturated rings. The summed E-state index contributed by atoms with van der Waals surface area (Å²) in [6.45, 7) is 13.4. The first-order valence-electron chi connectivity index (χ1n) is 7.70. The largest absolute Gasteiger partial charge is 0.344 e. The average molecular weight is 298 g/mol. The zero-order chi connectivity index (χ0) is 17.0. The number of carbonyl (C=O) groups is 2. The molecule has 0 aliphatic heterocycles. The van der Waals surface area contributed by atoms with E-state index in [-0.39, 0.29) is 23.0 Å². The summed E-state index contributed by atoms with van der Waals surface area (Å²) in [5.74, 6) is -0.0226. The maximum Gasteiger partial charge on any atom is 0.223 e. The van der Waals surface area contributed by atoms with Crippen LogP contribution in [0.15, 0.2) is 0 Å². The number of hydrogen-bond acceptors (Lipinski definition) is 3. The molecule has 0 aromatic heterocycles. The number of rotatable bonds is 6. The average Bonchev–Trinajstić information content (AvgIpc) is 2.28. The first-order valence-corrected chi connectivity index (χ1v) is 7.70. The normalized spacial score (nSPS) is 14.2. The Hall–Kier alpha value is -0.900. The van der Waals surface area contributed by atoms with E-state index in [1.54, 1.807) is 4.90 Å². The molecule has 21 heavy (non-hydrogen) atoms. The predicted octanol–water partition coefficient (Wildman–Crippen LogP) is 2.67. The number of hydrogen-bond donors (Lipinski definition) is 0. The van der Waals surface area contributed by atoms with Crippen LogP contribution in [0.4, 0.5) is 0 Å². The van der Waals surface area contributed by atoms with Gasteiger partial charge in [0.05, 0.1) is 0 Å². The van der Waals surface area contributed by atoms with Gasteiger partial charge in [0.15, 0.2) is 0 Å². The second kappa shape index (κ2) is 7.39. The molecule has 1 amide bonds. The van der Waals surface area contributed by atoms with E-state index in [2.05, 4.69) is 0 Å². The molecule has 1 atom stereocenters. The Labute approximate surface area is 130 Å². The summed E-state index contributed by atoms with van der Waals surface area (Å²) in [6, 6.07) is 0. The van der Waals surface area contributed by atoms with E-state index in [4.69, 9.17) is 0 Å². The van der Waals surface area contributed by atoms with Crippen molar-refractivity contribution >= 4 is 11.7 Å². The van der Waals surface area contributed by atoms with E-state index in [0.717, 1.165) is 6.54 Å². The lowest BCUT2D eigenvalue weighted by Crippen LogP contribution is -2.41. The van der Waals surface area contributed by atoms with Crippen LogP contribution in [0.2, 0.25) is 0 Å². The van der Waals surface area contributed by atoms with Gasteiger partial charge in [-0.15, -0.1) is 0 Å². The molecule has 4 heteroatoms. The van der Waals surface area contributed by atoms with Gasteiger partial charge in [-0.25, -0.2) is 0 Å². The van der Waals surface area contributed by atoms with Crippen LogP contribution in [0.1, 0.15) is 48.0 Å². The molecule has 0 heterocycles. The van der Waals surface area contributed by atoms with Crippen LogP contribution in [0.3, 0.4) is 0 Å². The quantitative estimate of drug-likeness (QED) is 0.757. The van der Waals surface area contributed by atoms with E-state index >= 15 is 0 Å². The predicted molar refractivity (Wildman–Crippen MR) is 88.2 cm³/mol. The molecule has 0 N–H and O–H groups in total. The molecular formula is C17H34N2O2. The summed E-state index contributed by atoms with van der Waals surface area (Å²) in [5.41, 5.74) is -0.622. The zero-order valence-electron chi connectivity index (χ0n) is 15.4.